The molecular weight excluding hydrogens is 702 g/mol. The van der Waals surface area contributed by atoms with Gasteiger partial charge in [-0.1, -0.05) is 86.7 Å². The molecular formula is C41H55N7O7. The highest BCUT2D eigenvalue weighted by Gasteiger charge is 2.32. The summed E-state index contributed by atoms with van der Waals surface area (Å²) in [6.45, 7) is 0.591. The van der Waals surface area contributed by atoms with Crippen LogP contribution in [0.2, 0.25) is 0 Å². The van der Waals surface area contributed by atoms with Crippen LogP contribution >= 0.6 is 0 Å². The fourth-order valence-electron chi connectivity index (χ4n) is 6.97. The Morgan fingerprint density at radius 3 is 1.93 bits per heavy atom. The standard InChI is InChI=1S/C41H55N7O7/c42-23-9-7-16-32-40(54)48-34(25-27-11-3-1-4-12-27)41(55)47-33(26-28-17-19-30(20-18-28)37(51)29-13-5-2-6-14-29)39(53)44-24-10-8-15-31(38(43)52)45-35(49)21-22-36(50)46-32/h2,5-6,13-14,17-22,27,31-34H,1,3-4,7-12,15-16,23-26,42H2,(H2,43,52)(H,44,53)(H,45,49)(H,46,50)(H,47,55)(H,48,54)/b22-21-/t31-,32-,33+,34-/m0/s1. The lowest BCUT2D eigenvalue weighted by Crippen LogP contribution is -2.57. The Labute approximate surface area is 322 Å². The van der Waals surface area contributed by atoms with Crippen LogP contribution in [0.25, 0.3) is 0 Å². The van der Waals surface area contributed by atoms with Crippen molar-refractivity contribution < 1.29 is 33.6 Å². The molecule has 1 aliphatic carbocycles. The number of amides is 6. The van der Waals surface area contributed by atoms with Crippen LogP contribution in [-0.4, -0.2) is 78.5 Å². The average Bonchev–Trinajstić information content (AvgIpc) is 3.18. The van der Waals surface area contributed by atoms with Crippen molar-refractivity contribution in [3.8, 4) is 0 Å². The molecule has 2 aliphatic rings. The van der Waals surface area contributed by atoms with Crippen LogP contribution in [0, 0.1) is 5.92 Å². The van der Waals surface area contributed by atoms with Crippen molar-refractivity contribution in [3.63, 3.8) is 0 Å². The SMILES string of the molecule is NCCCC[C@@H]1NC(=O)/C=C\C(=O)N[C@H](C(N)=O)CCCCNC(=O)[C@@H](Cc2ccc(C(=O)c3ccccc3)cc2)NC(=O)[C@H](CC2CCCCC2)NC1=O. The second kappa shape index (κ2) is 22.1. The van der Waals surface area contributed by atoms with Crippen molar-refractivity contribution in [1.82, 2.24) is 26.6 Å². The highest BCUT2D eigenvalue weighted by Crippen LogP contribution is 2.27. The van der Waals surface area contributed by atoms with E-state index in [1.165, 1.54) is 0 Å². The van der Waals surface area contributed by atoms with Gasteiger partial charge < -0.3 is 38.1 Å². The Bertz CT molecular complexity index is 1660. The lowest BCUT2D eigenvalue weighted by atomic mass is 9.84. The zero-order chi connectivity index (χ0) is 39.6. The molecule has 2 aromatic rings. The summed E-state index contributed by atoms with van der Waals surface area (Å²) >= 11 is 0. The fourth-order valence-corrected chi connectivity index (χ4v) is 6.97. The van der Waals surface area contributed by atoms with Crippen LogP contribution < -0.4 is 38.1 Å². The molecule has 0 spiro atoms. The van der Waals surface area contributed by atoms with E-state index in [1.54, 1.807) is 48.5 Å². The van der Waals surface area contributed by atoms with E-state index in [0.717, 1.165) is 44.3 Å². The van der Waals surface area contributed by atoms with Crippen LogP contribution in [-0.2, 0) is 35.2 Å². The second-order valence-electron chi connectivity index (χ2n) is 14.4. The lowest BCUT2D eigenvalue weighted by molar-refractivity contribution is -0.133. The molecule has 1 aliphatic heterocycles. The van der Waals surface area contributed by atoms with E-state index in [0.29, 0.717) is 55.3 Å². The molecule has 4 atom stereocenters. The maximum absolute atomic E-state index is 14.2. The number of primary amides is 1. The first kappa shape index (κ1) is 42.4. The van der Waals surface area contributed by atoms with Crippen molar-refractivity contribution in [2.45, 2.75) is 108 Å². The normalized spacial score (nSPS) is 23.3. The van der Waals surface area contributed by atoms with Crippen LogP contribution in [0.3, 0.4) is 0 Å². The average molecular weight is 758 g/mol. The van der Waals surface area contributed by atoms with Crippen LogP contribution in [0.4, 0.5) is 0 Å². The Kier molecular flexibility index (Phi) is 17.0. The summed E-state index contributed by atoms with van der Waals surface area (Å²) in [5.41, 5.74) is 12.9. The van der Waals surface area contributed by atoms with E-state index >= 15 is 0 Å². The third kappa shape index (κ3) is 14.1. The zero-order valence-electron chi connectivity index (χ0n) is 31.4. The van der Waals surface area contributed by atoms with Gasteiger partial charge in [-0.15, -0.1) is 0 Å². The fraction of sp³-hybridized carbons (Fsp3) is 0.488. The predicted molar refractivity (Wildman–Crippen MR) is 207 cm³/mol. The maximum atomic E-state index is 14.2. The number of rotatable bonds is 11. The number of carbonyl (C=O) groups excluding carboxylic acids is 7. The minimum atomic E-state index is -1.05. The number of hydrogen-bond donors (Lipinski definition) is 7. The van der Waals surface area contributed by atoms with Gasteiger partial charge >= 0.3 is 0 Å². The number of nitrogens with one attached hydrogen (secondary N) is 5. The first-order valence-electron chi connectivity index (χ1n) is 19.4. The van der Waals surface area contributed by atoms with E-state index in [9.17, 15) is 33.6 Å². The molecule has 0 saturated heterocycles. The molecule has 0 bridgehead atoms. The summed E-state index contributed by atoms with van der Waals surface area (Å²) in [7, 11) is 0. The highest BCUT2D eigenvalue weighted by atomic mass is 16.2. The maximum Gasteiger partial charge on any atom is 0.244 e. The van der Waals surface area contributed by atoms with E-state index in [1.807, 2.05) is 6.07 Å². The van der Waals surface area contributed by atoms with E-state index in [4.69, 9.17) is 11.5 Å². The molecule has 14 heteroatoms. The van der Waals surface area contributed by atoms with Gasteiger partial charge in [0.15, 0.2) is 5.78 Å². The molecule has 296 valence electrons. The van der Waals surface area contributed by atoms with Crippen molar-refractivity contribution in [2.24, 2.45) is 17.4 Å². The Hall–Kier alpha value is -5.37. The lowest BCUT2D eigenvalue weighted by Gasteiger charge is -2.29. The first-order valence-corrected chi connectivity index (χ1v) is 19.4. The number of unbranched alkanes of at least 4 members (excludes halogenated alkanes) is 1. The van der Waals surface area contributed by atoms with Crippen molar-refractivity contribution in [1.29, 1.82) is 0 Å². The number of carbonyl (C=O) groups is 7. The van der Waals surface area contributed by atoms with Crippen LogP contribution in [0.5, 0.6) is 0 Å². The monoisotopic (exact) mass is 757 g/mol. The second-order valence-corrected chi connectivity index (χ2v) is 14.4. The molecule has 1 heterocycles. The zero-order valence-corrected chi connectivity index (χ0v) is 31.4. The minimum Gasteiger partial charge on any atom is -0.368 e. The molecule has 0 aromatic heterocycles. The predicted octanol–water partition coefficient (Wildman–Crippen LogP) is 1.84. The molecule has 0 radical (unpaired) electrons. The summed E-state index contributed by atoms with van der Waals surface area (Å²) in [6, 6.07) is 11.7. The van der Waals surface area contributed by atoms with Crippen molar-refractivity contribution in [2.75, 3.05) is 13.1 Å². The van der Waals surface area contributed by atoms with Gasteiger partial charge in [-0.3, -0.25) is 33.6 Å². The molecule has 1 fully saturated rings. The van der Waals surface area contributed by atoms with E-state index < -0.39 is 59.6 Å². The van der Waals surface area contributed by atoms with Gasteiger partial charge in [0.05, 0.1) is 0 Å². The van der Waals surface area contributed by atoms with Crippen LogP contribution in [0.15, 0.2) is 66.7 Å². The Morgan fingerprint density at radius 1 is 0.636 bits per heavy atom. The van der Waals surface area contributed by atoms with Gasteiger partial charge in [-0.05, 0) is 63.0 Å². The minimum absolute atomic E-state index is 0.0986. The quantitative estimate of drug-likeness (QED) is 0.132. The van der Waals surface area contributed by atoms with Crippen molar-refractivity contribution >= 4 is 41.2 Å². The third-order valence-electron chi connectivity index (χ3n) is 10.1. The van der Waals surface area contributed by atoms with E-state index in [-0.39, 0.29) is 37.5 Å². The summed E-state index contributed by atoms with van der Waals surface area (Å²) in [5.74, 6) is -3.71. The molecule has 2 aromatic carbocycles. The Balaban J connectivity index is 1.61. The first-order chi connectivity index (χ1) is 26.5. The number of benzene rings is 2. The van der Waals surface area contributed by atoms with Crippen LogP contribution in [0.1, 0.15) is 98.5 Å². The molecule has 4 rings (SSSR count). The molecule has 14 nitrogen and oxygen atoms in total. The van der Waals surface area contributed by atoms with Gasteiger partial charge in [0.1, 0.15) is 24.2 Å². The van der Waals surface area contributed by atoms with Crippen molar-refractivity contribution in [3.05, 3.63) is 83.4 Å². The van der Waals surface area contributed by atoms with Gasteiger partial charge in [0.25, 0.3) is 0 Å². The topological polar surface area (TPSA) is 232 Å². The highest BCUT2D eigenvalue weighted by molar-refractivity contribution is 6.09. The number of hydrogen-bond acceptors (Lipinski definition) is 8. The summed E-state index contributed by atoms with van der Waals surface area (Å²) in [5, 5.41) is 13.8. The van der Waals surface area contributed by atoms with Gasteiger partial charge in [-0.25, -0.2) is 0 Å². The summed E-state index contributed by atoms with van der Waals surface area (Å²) in [6.07, 6.45) is 9.70. The van der Waals surface area contributed by atoms with Gasteiger partial charge in [0, 0.05) is 36.2 Å². The number of ketones is 1. The van der Waals surface area contributed by atoms with E-state index in [2.05, 4.69) is 26.6 Å². The third-order valence-corrected chi connectivity index (χ3v) is 10.1. The molecule has 0 unspecified atom stereocenters. The molecule has 55 heavy (non-hydrogen) atoms. The molecule has 9 N–H and O–H groups in total. The smallest absolute Gasteiger partial charge is 0.244 e. The van der Waals surface area contributed by atoms with Gasteiger partial charge in [0.2, 0.25) is 35.4 Å². The largest absolute Gasteiger partial charge is 0.368 e. The van der Waals surface area contributed by atoms with Gasteiger partial charge in [-0.2, -0.15) is 0 Å². The summed E-state index contributed by atoms with van der Waals surface area (Å²) in [4.78, 5) is 92.4. The molecule has 1 saturated carbocycles. The Morgan fingerprint density at radius 2 is 1.25 bits per heavy atom. The molecule has 6 amide bonds. The number of nitrogens with two attached hydrogens (primary N) is 2. The summed E-state index contributed by atoms with van der Waals surface area (Å²) < 4.78 is 0.